The third-order valence-corrected chi connectivity index (χ3v) is 4.57. The number of aromatic nitrogens is 1. The number of amides is 1. The lowest BCUT2D eigenvalue weighted by molar-refractivity contribution is -0.125. The molecule has 2 aromatic rings. The fourth-order valence-corrected chi connectivity index (χ4v) is 2.63. The topological polar surface area (TPSA) is 102 Å². The highest BCUT2D eigenvalue weighted by molar-refractivity contribution is 6.33. The molecule has 1 aromatic heterocycles. The second-order valence-electron chi connectivity index (χ2n) is 6.37. The van der Waals surface area contributed by atoms with Crippen LogP contribution in [0.5, 0.6) is 5.75 Å². The molecule has 1 aliphatic carbocycles. The van der Waals surface area contributed by atoms with Crippen LogP contribution in [0.25, 0.3) is 10.9 Å². The summed E-state index contributed by atoms with van der Waals surface area (Å²) in [5.74, 6) is 0.548. The maximum Gasteiger partial charge on any atom is 0.226 e. The van der Waals surface area contributed by atoms with Gasteiger partial charge in [0, 0.05) is 34.3 Å². The average Bonchev–Trinajstić information content (AvgIpc) is 3.19. The third kappa shape index (κ3) is 3.43. The molecule has 3 rings (SSSR count). The largest absolute Gasteiger partial charge is 0.486 e. The van der Waals surface area contributed by atoms with Crippen LogP contribution < -0.4 is 10.1 Å². The van der Waals surface area contributed by atoms with Crippen LogP contribution in [0.2, 0.25) is 5.02 Å². The van der Waals surface area contributed by atoms with E-state index >= 15 is 0 Å². The van der Waals surface area contributed by atoms with Crippen LogP contribution in [0.3, 0.4) is 0 Å². The van der Waals surface area contributed by atoms with Gasteiger partial charge < -0.3 is 25.9 Å². The predicted molar refractivity (Wildman–Crippen MR) is 94.5 cm³/mol. The number of nitrogens with one attached hydrogen (secondary N) is 4. The zero-order valence-electron chi connectivity index (χ0n) is 13.3. The van der Waals surface area contributed by atoms with E-state index in [1.165, 1.54) is 0 Å². The lowest BCUT2D eigenvalue weighted by Gasteiger charge is -2.08. The van der Waals surface area contributed by atoms with Crippen LogP contribution in [-0.4, -0.2) is 29.4 Å². The van der Waals surface area contributed by atoms with Crippen LogP contribution in [0, 0.1) is 16.2 Å². The fraction of sp³-hybridized carbons (Fsp3) is 0.353. The SMILES string of the molecule is CC1(C(=O)NCc2cc3cc(Cl)c(OCC(=N)C=N)cc3[nH]2)CC1. The van der Waals surface area contributed by atoms with E-state index in [0.717, 1.165) is 35.7 Å². The van der Waals surface area contributed by atoms with E-state index in [4.69, 9.17) is 27.2 Å². The Kier molecular flexibility index (Phi) is 4.32. The first-order valence-electron chi connectivity index (χ1n) is 7.71. The number of fused-ring (bicyclic) bond motifs is 1. The Morgan fingerprint density at radius 1 is 1.46 bits per heavy atom. The standard InChI is InChI=1S/C17H19ClN4O2/c1-17(2-3-17)16(23)21-8-12-4-10-5-13(18)15(6-14(10)22-12)24-9-11(20)7-19/h4-7,19-20,22H,2-3,8-9H2,1H3,(H,21,23). The summed E-state index contributed by atoms with van der Waals surface area (Å²) in [6, 6.07) is 5.49. The highest BCUT2D eigenvalue weighted by atomic mass is 35.5. The van der Waals surface area contributed by atoms with Gasteiger partial charge in [-0.05, 0) is 25.0 Å². The minimum Gasteiger partial charge on any atom is -0.486 e. The highest BCUT2D eigenvalue weighted by Gasteiger charge is 2.44. The van der Waals surface area contributed by atoms with Crippen LogP contribution in [0.4, 0.5) is 0 Å². The molecular formula is C17H19ClN4O2. The van der Waals surface area contributed by atoms with E-state index < -0.39 is 0 Å². The lowest BCUT2D eigenvalue weighted by atomic mass is 10.1. The molecule has 0 unspecified atom stereocenters. The van der Waals surface area contributed by atoms with Gasteiger partial charge in [-0.25, -0.2) is 0 Å². The number of carbonyl (C=O) groups is 1. The minimum atomic E-state index is -0.185. The fourth-order valence-electron chi connectivity index (χ4n) is 2.40. The molecule has 0 radical (unpaired) electrons. The number of halogens is 1. The Bertz CT molecular complexity index is 823. The zero-order chi connectivity index (χ0) is 17.3. The maximum atomic E-state index is 12.0. The van der Waals surface area contributed by atoms with Crippen molar-refractivity contribution in [3.05, 3.63) is 28.9 Å². The Balaban J connectivity index is 1.71. The van der Waals surface area contributed by atoms with E-state index in [1.807, 2.05) is 13.0 Å². The van der Waals surface area contributed by atoms with Crippen molar-refractivity contribution in [3.63, 3.8) is 0 Å². The first-order chi connectivity index (χ1) is 11.4. The molecule has 4 N–H and O–H groups in total. The van der Waals surface area contributed by atoms with Crippen molar-refractivity contribution in [1.29, 1.82) is 10.8 Å². The van der Waals surface area contributed by atoms with E-state index in [9.17, 15) is 4.79 Å². The summed E-state index contributed by atoms with van der Waals surface area (Å²) in [5.41, 5.74) is 1.62. The zero-order valence-corrected chi connectivity index (χ0v) is 14.1. The second kappa shape index (κ2) is 6.28. The van der Waals surface area contributed by atoms with Gasteiger partial charge in [-0.1, -0.05) is 18.5 Å². The number of hydrogen-bond donors (Lipinski definition) is 4. The molecule has 0 aliphatic heterocycles. The third-order valence-electron chi connectivity index (χ3n) is 4.27. The summed E-state index contributed by atoms with van der Waals surface area (Å²) in [4.78, 5) is 15.2. The molecular weight excluding hydrogens is 328 g/mol. The molecule has 0 saturated heterocycles. The van der Waals surface area contributed by atoms with Gasteiger partial charge in [0.1, 0.15) is 12.4 Å². The molecule has 0 bridgehead atoms. The number of aromatic amines is 1. The molecule has 7 heteroatoms. The van der Waals surface area contributed by atoms with Gasteiger partial charge in [-0.2, -0.15) is 0 Å². The van der Waals surface area contributed by atoms with Gasteiger partial charge in [0.2, 0.25) is 5.91 Å². The van der Waals surface area contributed by atoms with Crippen molar-refractivity contribution in [2.45, 2.75) is 26.3 Å². The summed E-state index contributed by atoms with van der Waals surface area (Å²) < 4.78 is 5.46. The summed E-state index contributed by atoms with van der Waals surface area (Å²) in [7, 11) is 0. The van der Waals surface area contributed by atoms with Crippen molar-refractivity contribution in [1.82, 2.24) is 10.3 Å². The molecule has 1 fully saturated rings. The Morgan fingerprint density at radius 2 is 2.21 bits per heavy atom. The van der Waals surface area contributed by atoms with Gasteiger partial charge in [-0.15, -0.1) is 0 Å². The van der Waals surface area contributed by atoms with Gasteiger partial charge in [0.05, 0.1) is 17.3 Å². The Labute approximate surface area is 144 Å². The van der Waals surface area contributed by atoms with E-state index in [2.05, 4.69) is 10.3 Å². The number of carbonyl (C=O) groups excluding carboxylic acids is 1. The molecule has 1 heterocycles. The van der Waals surface area contributed by atoms with Gasteiger partial charge >= 0.3 is 0 Å². The Hall–Kier alpha value is -2.34. The van der Waals surface area contributed by atoms with Crippen molar-refractivity contribution in [2.24, 2.45) is 5.41 Å². The van der Waals surface area contributed by atoms with Gasteiger partial charge in [-0.3, -0.25) is 4.79 Å². The van der Waals surface area contributed by atoms with Gasteiger partial charge in [0.25, 0.3) is 0 Å². The maximum absolute atomic E-state index is 12.0. The van der Waals surface area contributed by atoms with Crippen LogP contribution in [0.1, 0.15) is 25.5 Å². The molecule has 6 nitrogen and oxygen atoms in total. The molecule has 1 amide bonds. The average molecular weight is 347 g/mol. The van der Waals surface area contributed by atoms with E-state index in [1.54, 1.807) is 12.1 Å². The molecule has 24 heavy (non-hydrogen) atoms. The quantitative estimate of drug-likeness (QED) is 0.578. The highest BCUT2D eigenvalue weighted by Crippen LogP contribution is 2.45. The monoisotopic (exact) mass is 346 g/mol. The van der Waals surface area contributed by atoms with Crippen molar-refractivity contribution >= 4 is 40.3 Å². The number of ether oxygens (including phenoxy) is 1. The summed E-state index contributed by atoms with van der Waals surface area (Å²) in [6.07, 6.45) is 2.83. The normalized spacial score (nSPS) is 15.1. The molecule has 1 saturated carbocycles. The molecule has 1 aliphatic rings. The molecule has 126 valence electrons. The van der Waals surface area contributed by atoms with E-state index in [-0.39, 0.29) is 23.6 Å². The lowest BCUT2D eigenvalue weighted by Crippen LogP contribution is -2.29. The number of rotatable bonds is 7. The first kappa shape index (κ1) is 16.5. The summed E-state index contributed by atoms with van der Waals surface area (Å²) in [5, 5.41) is 18.7. The van der Waals surface area contributed by atoms with Crippen molar-refractivity contribution in [3.8, 4) is 5.75 Å². The molecule has 0 spiro atoms. The van der Waals surface area contributed by atoms with Crippen molar-refractivity contribution < 1.29 is 9.53 Å². The van der Waals surface area contributed by atoms with Crippen LogP contribution in [0.15, 0.2) is 18.2 Å². The van der Waals surface area contributed by atoms with Crippen LogP contribution in [-0.2, 0) is 11.3 Å². The second-order valence-corrected chi connectivity index (χ2v) is 6.77. The number of benzene rings is 1. The Morgan fingerprint density at radius 3 is 2.88 bits per heavy atom. The minimum absolute atomic E-state index is 0.00304. The number of hydrogen-bond acceptors (Lipinski definition) is 4. The van der Waals surface area contributed by atoms with E-state index in [0.29, 0.717) is 17.3 Å². The first-order valence-corrected chi connectivity index (χ1v) is 8.09. The summed E-state index contributed by atoms with van der Waals surface area (Å²) >= 11 is 6.20. The molecule has 0 atom stereocenters. The number of H-pyrrole nitrogens is 1. The molecule has 1 aromatic carbocycles. The van der Waals surface area contributed by atoms with Gasteiger partial charge in [0.15, 0.2) is 0 Å². The predicted octanol–water partition coefficient (Wildman–Crippen LogP) is 3.29. The smallest absolute Gasteiger partial charge is 0.226 e. The summed E-state index contributed by atoms with van der Waals surface area (Å²) in [6.45, 7) is 2.41. The van der Waals surface area contributed by atoms with Crippen LogP contribution >= 0.6 is 11.6 Å². The van der Waals surface area contributed by atoms with Crippen molar-refractivity contribution in [2.75, 3.05) is 6.61 Å².